The van der Waals surface area contributed by atoms with Crippen LogP contribution in [-0.4, -0.2) is 17.7 Å². The molecule has 4 rings (SSSR count). The van der Waals surface area contributed by atoms with Gasteiger partial charge in [-0.2, -0.15) is 0 Å². The first-order valence-corrected chi connectivity index (χ1v) is 9.23. The molecule has 1 fully saturated rings. The van der Waals surface area contributed by atoms with Crippen LogP contribution in [0.25, 0.3) is 0 Å². The second kappa shape index (κ2) is 7.35. The van der Waals surface area contributed by atoms with Gasteiger partial charge in [0.2, 0.25) is 5.91 Å². The van der Waals surface area contributed by atoms with Crippen LogP contribution in [0, 0.1) is 0 Å². The molecule has 0 radical (unpaired) electrons. The number of carbonyl (C=O) groups excluding carboxylic acids is 3. The number of esters is 1. The lowest BCUT2D eigenvalue weighted by Gasteiger charge is -2.25. The van der Waals surface area contributed by atoms with Crippen LogP contribution < -0.4 is 5.32 Å². The molecule has 0 saturated heterocycles. The first-order chi connectivity index (χ1) is 13.1. The third-order valence-electron chi connectivity index (χ3n) is 5.32. The monoisotopic (exact) mass is 363 g/mol. The second-order valence-electron chi connectivity index (χ2n) is 7.29. The number of anilines is 1. The van der Waals surface area contributed by atoms with Gasteiger partial charge in [0.25, 0.3) is 0 Å². The van der Waals surface area contributed by atoms with Crippen LogP contribution in [0.5, 0.6) is 0 Å². The molecule has 5 heteroatoms. The molecule has 1 aliphatic carbocycles. The van der Waals surface area contributed by atoms with E-state index in [9.17, 15) is 14.4 Å². The van der Waals surface area contributed by atoms with Crippen molar-refractivity contribution in [1.29, 1.82) is 0 Å². The quantitative estimate of drug-likeness (QED) is 0.823. The van der Waals surface area contributed by atoms with Gasteiger partial charge < -0.3 is 10.1 Å². The molecule has 2 aromatic rings. The zero-order chi connectivity index (χ0) is 18.8. The molecule has 2 aromatic carbocycles. The predicted molar refractivity (Wildman–Crippen MR) is 100 cm³/mol. The highest BCUT2D eigenvalue weighted by molar-refractivity contribution is 5.95. The van der Waals surface area contributed by atoms with Gasteiger partial charge in [0.1, 0.15) is 12.4 Å². The summed E-state index contributed by atoms with van der Waals surface area (Å²) < 4.78 is 5.41. The Labute approximate surface area is 157 Å². The smallest absolute Gasteiger partial charge is 0.306 e. The summed E-state index contributed by atoms with van der Waals surface area (Å²) in [5.41, 5.74) is 3.83. The van der Waals surface area contributed by atoms with Gasteiger partial charge in [-0.3, -0.25) is 14.4 Å². The Balaban J connectivity index is 1.32. The van der Waals surface area contributed by atoms with Gasteiger partial charge in [-0.1, -0.05) is 42.5 Å². The highest BCUT2D eigenvalue weighted by Gasteiger charge is 2.28. The van der Waals surface area contributed by atoms with Gasteiger partial charge >= 0.3 is 5.97 Å². The number of Topliss-reactive ketones (excluding diaryl/α,β-unsaturated/α-hetero) is 1. The minimum absolute atomic E-state index is 0.0726. The minimum Gasteiger partial charge on any atom is -0.461 e. The molecule has 1 unspecified atom stereocenters. The fourth-order valence-corrected chi connectivity index (χ4v) is 3.72. The van der Waals surface area contributed by atoms with E-state index in [0.717, 1.165) is 22.4 Å². The number of ether oxygens (including phenoxy) is 1. The van der Waals surface area contributed by atoms with Crippen LogP contribution in [0.2, 0.25) is 0 Å². The number of para-hydroxylation sites is 1. The number of rotatable bonds is 5. The Morgan fingerprint density at radius 3 is 2.48 bits per heavy atom. The van der Waals surface area contributed by atoms with Gasteiger partial charge in [0.05, 0.1) is 6.42 Å². The number of hydrogen-bond donors (Lipinski definition) is 1. The van der Waals surface area contributed by atoms with Crippen LogP contribution in [0.15, 0.2) is 48.5 Å². The summed E-state index contributed by atoms with van der Waals surface area (Å²) in [6, 6.07) is 15.4. The number of ketones is 1. The Bertz CT molecular complexity index is 879. The summed E-state index contributed by atoms with van der Waals surface area (Å²) in [6.07, 6.45) is 1.74. The number of carbonyl (C=O) groups is 3. The molecule has 5 nitrogen and oxygen atoms in total. The van der Waals surface area contributed by atoms with Crippen molar-refractivity contribution >= 4 is 23.3 Å². The number of fused-ring (bicyclic) bond motifs is 1. The van der Waals surface area contributed by atoms with E-state index in [2.05, 4.69) is 5.32 Å². The molecular weight excluding hydrogens is 342 g/mol. The van der Waals surface area contributed by atoms with Crippen molar-refractivity contribution in [3.8, 4) is 0 Å². The molecule has 1 aliphatic heterocycles. The van der Waals surface area contributed by atoms with Crippen molar-refractivity contribution in [2.75, 3.05) is 5.32 Å². The van der Waals surface area contributed by atoms with E-state index in [1.54, 1.807) is 0 Å². The van der Waals surface area contributed by atoms with Crippen molar-refractivity contribution in [2.45, 2.75) is 44.1 Å². The van der Waals surface area contributed by atoms with Crippen LogP contribution in [-0.2, 0) is 25.7 Å². The van der Waals surface area contributed by atoms with Crippen molar-refractivity contribution in [3.05, 3.63) is 65.2 Å². The summed E-state index contributed by atoms with van der Waals surface area (Å²) in [5, 5.41) is 2.84. The maximum Gasteiger partial charge on any atom is 0.306 e. The number of amides is 1. The van der Waals surface area contributed by atoms with E-state index < -0.39 is 0 Å². The Hall–Kier alpha value is -2.95. The highest BCUT2D eigenvalue weighted by atomic mass is 16.5. The van der Waals surface area contributed by atoms with Gasteiger partial charge in [-0.25, -0.2) is 0 Å². The Kier molecular flexibility index (Phi) is 4.75. The molecule has 0 aromatic heterocycles. The fraction of sp³-hybridized carbons (Fsp3) is 0.318. The number of benzene rings is 2. The normalized spacial score (nSPS) is 19.0. The third kappa shape index (κ3) is 3.92. The van der Waals surface area contributed by atoms with E-state index in [1.807, 2.05) is 48.5 Å². The molecular formula is C22H21NO4. The molecule has 1 N–H and O–H groups in total. The molecule has 1 heterocycles. The highest BCUT2D eigenvalue weighted by Crippen LogP contribution is 2.35. The van der Waals surface area contributed by atoms with Crippen LogP contribution in [0.4, 0.5) is 5.69 Å². The Morgan fingerprint density at radius 1 is 1.00 bits per heavy atom. The van der Waals surface area contributed by atoms with E-state index in [4.69, 9.17) is 4.74 Å². The average Bonchev–Trinajstić information content (AvgIpc) is 2.64. The van der Waals surface area contributed by atoms with Gasteiger partial charge in [0, 0.05) is 30.9 Å². The minimum atomic E-state index is -0.307. The topological polar surface area (TPSA) is 72.5 Å². The summed E-state index contributed by atoms with van der Waals surface area (Å²) in [5.74, 6) is 0.123. The lowest BCUT2D eigenvalue weighted by atomic mass is 9.79. The summed E-state index contributed by atoms with van der Waals surface area (Å²) in [7, 11) is 0. The second-order valence-corrected chi connectivity index (χ2v) is 7.29. The van der Waals surface area contributed by atoms with E-state index >= 15 is 0 Å². The van der Waals surface area contributed by atoms with Gasteiger partial charge in [0.15, 0.2) is 0 Å². The summed E-state index contributed by atoms with van der Waals surface area (Å²) in [4.78, 5) is 35.2. The van der Waals surface area contributed by atoms with E-state index in [-0.39, 0.29) is 30.8 Å². The zero-order valence-electron chi connectivity index (χ0n) is 14.9. The van der Waals surface area contributed by atoms with Crippen molar-refractivity contribution < 1.29 is 19.1 Å². The summed E-state index contributed by atoms with van der Waals surface area (Å²) in [6.45, 7) is 0.212. The maximum atomic E-state index is 12.3. The van der Waals surface area contributed by atoms with Gasteiger partial charge in [-0.15, -0.1) is 0 Å². The predicted octanol–water partition coefficient (Wildman–Crippen LogP) is 3.69. The lowest BCUT2D eigenvalue weighted by Crippen LogP contribution is -2.24. The zero-order valence-corrected chi connectivity index (χ0v) is 14.9. The average molecular weight is 363 g/mol. The maximum absolute atomic E-state index is 12.3. The lowest BCUT2D eigenvalue weighted by molar-refractivity contribution is -0.145. The molecule has 2 aliphatic rings. The van der Waals surface area contributed by atoms with Crippen LogP contribution in [0.1, 0.15) is 54.2 Å². The first kappa shape index (κ1) is 17.5. The van der Waals surface area contributed by atoms with Gasteiger partial charge in [-0.05, 0) is 28.7 Å². The molecule has 0 spiro atoms. The van der Waals surface area contributed by atoms with E-state index in [0.29, 0.717) is 31.0 Å². The van der Waals surface area contributed by atoms with Crippen LogP contribution >= 0.6 is 0 Å². The summed E-state index contributed by atoms with van der Waals surface area (Å²) >= 11 is 0. The van der Waals surface area contributed by atoms with Crippen LogP contribution in [0.3, 0.4) is 0 Å². The number of hydrogen-bond acceptors (Lipinski definition) is 4. The van der Waals surface area contributed by atoms with Crippen molar-refractivity contribution in [1.82, 2.24) is 0 Å². The van der Waals surface area contributed by atoms with Crippen molar-refractivity contribution in [3.63, 3.8) is 0 Å². The molecule has 1 amide bonds. The third-order valence-corrected chi connectivity index (χ3v) is 5.32. The number of nitrogens with one attached hydrogen (secondary N) is 1. The molecule has 0 bridgehead atoms. The molecule has 1 saturated carbocycles. The standard InChI is InChI=1S/C22H21NO4/c24-18-9-16(10-18)15-7-5-14(6-8-15)13-27-22(26)12-17-11-21(25)23-20-4-2-1-3-19(17)20/h1-8,16-17H,9-13H2,(H,23,25). The Morgan fingerprint density at radius 2 is 1.74 bits per heavy atom. The molecule has 138 valence electrons. The van der Waals surface area contributed by atoms with Crippen molar-refractivity contribution in [2.24, 2.45) is 0 Å². The fourth-order valence-electron chi connectivity index (χ4n) is 3.72. The molecule has 1 atom stereocenters. The largest absolute Gasteiger partial charge is 0.461 e. The first-order valence-electron chi connectivity index (χ1n) is 9.23. The van der Waals surface area contributed by atoms with E-state index in [1.165, 1.54) is 0 Å². The SMILES string of the molecule is O=C1CC(c2ccc(COC(=O)CC3CC(=O)Nc4ccccc43)cc2)C1. The molecule has 27 heavy (non-hydrogen) atoms.